The molecule has 29 heavy (non-hydrogen) atoms. The summed E-state index contributed by atoms with van der Waals surface area (Å²) < 4.78 is 10.9. The third-order valence-corrected chi connectivity index (χ3v) is 4.85. The fraction of sp³-hybridized carbons (Fsp3) is 0.429. The number of carbonyl (C=O) groups excluding carboxylic acids is 1. The van der Waals surface area contributed by atoms with Gasteiger partial charge in [-0.3, -0.25) is 9.89 Å². The topological polar surface area (TPSA) is 106 Å². The van der Waals surface area contributed by atoms with Crippen molar-refractivity contribution in [3.63, 3.8) is 0 Å². The van der Waals surface area contributed by atoms with E-state index in [4.69, 9.17) is 9.15 Å². The standard InChI is InChI=1S/C21H27N5O3/c1-5-13(2)20-24-21(26-25-20)14(3)23-18(27)10-11-19-22-12-17(29-19)15-6-8-16(28-4)9-7-15/h6-9,12-14H,5,10-11H2,1-4H3,(H,23,27)(H,24,25,26)/t13-,14+/m1/s1. The first-order valence-corrected chi connectivity index (χ1v) is 9.80. The molecular weight excluding hydrogens is 370 g/mol. The lowest BCUT2D eigenvalue weighted by Crippen LogP contribution is -2.27. The molecule has 2 heterocycles. The van der Waals surface area contributed by atoms with Crippen LogP contribution in [0.4, 0.5) is 0 Å². The highest BCUT2D eigenvalue weighted by Gasteiger charge is 2.17. The molecule has 8 nitrogen and oxygen atoms in total. The maximum atomic E-state index is 12.3. The van der Waals surface area contributed by atoms with E-state index in [1.54, 1.807) is 13.3 Å². The molecule has 0 radical (unpaired) electrons. The van der Waals surface area contributed by atoms with E-state index in [-0.39, 0.29) is 24.3 Å². The van der Waals surface area contributed by atoms with Crippen molar-refractivity contribution < 1.29 is 13.9 Å². The molecule has 0 aliphatic heterocycles. The molecule has 2 atom stereocenters. The van der Waals surface area contributed by atoms with E-state index in [1.807, 2.05) is 31.2 Å². The van der Waals surface area contributed by atoms with Crippen LogP contribution in [0.5, 0.6) is 5.75 Å². The first-order chi connectivity index (χ1) is 14.0. The van der Waals surface area contributed by atoms with Crippen molar-refractivity contribution in [3.8, 4) is 17.1 Å². The molecule has 8 heteroatoms. The molecule has 0 bridgehead atoms. The van der Waals surface area contributed by atoms with E-state index in [0.717, 1.165) is 23.6 Å². The Kier molecular flexibility index (Phi) is 6.64. The van der Waals surface area contributed by atoms with Gasteiger partial charge in [0.25, 0.3) is 0 Å². The molecule has 0 saturated heterocycles. The zero-order chi connectivity index (χ0) is 20.8. The summed E-state index contributed by atoms with van der Waals surface area (Å²) in [5.74, 6) is 3.59. The Labute approximate surface area is 170 Å². The molecule has 2 aromatic heterocycles. The maximum Gasteiger partial charge on any atom is 0.221 e. The quantitative estimate of drug-likeness (QED) is 0.569. The molecule has 0 aliphatic carbocycles. The zero-order valence-electron chi connectivity index (χ0n) is 17.2. The number of aromatic amines is 1. The van der Waals surface area contributed by atoms with Crippen LogP contribution in [0, 0.1) is 0 Å². The largest absolute Gasteiger partial charge is 0.497 e. The number of aryl methyl sites for hydroxylation is 1. The van der Waals surface area contributed by atoms with Crippen LogP contribution in [0.15, 0.2) is 34.9 Å². The third-order valence-electron chi connectivity index (χ3n) is 4.85. The van der Waals surface area contributed by atoms with Gasteiger partial charge in [0.05, 0.1) is 19.3 Å². The third kappa shape index (κ3) is 5.22. The summed E-state index contributed by atoms with van der Waals surface area (Å²) in [4.78, 5) is 21.0. The van der Waals surface area contributed by atoms with Crippen molar-refractivity contribution in [2.45, 2.75) is 52.0 Å². The van der Waals surface area contributed by atoms with Gasteiger partial charge in [-0.25, -0.2) is 9.97 Å². The van der Waals surface area contributed by atoms with E-state index in [9.17, 15) is 4.79 Å². The van der Waals surface area contributed by atoms with Crippen molar-refractivity contribution in [1.82, 2.24) is 25.5 Å². The summed E-state index contributed by atoms with van der Waals surface area (Å²) in [5.41, 5.74) is 0.907. The number of hydrogen-bond acceptors (Lipinski definition) is 6. The Balaban J connectivity index is 1.51. The fourth-order valence-corrected chi connectivity index (χ4v) is 2.80. The number of nitrogens with one attached hydrogen (secondary N) is 2. The molecule has 1 amide bonds. The number of nitrogens with zero attached hydrogens (tertiary/aromatic N) is 3. The van der Waals surface area contributed by atoms with Gasteiger partial charge in [0.1, 0.15) is 11.6 Å². The van der Waals surface area contributed by atoms with Gasteiger partial charge < -0.3 is 14.5 Å². The van der Waals surface area contributed by atoms with Gasteiger partial charge in [-0.1, -0.05) is 13.8 Å². The van der Waals surface area contributed by atoms with E-state index in [0.29, 0.717) is 23.9 Å². The van der Waals surface area contributed by atoms with E-state index < -0.39 is 0 Å². The molecule has 3 rings (SSSR count). The number of H-pyrrole nitrogens is 1. The van der Waals surface area contributed by atoms with E-state index in [1.165, 1.54) is 0 Å². The minimum absolute atomic E-state index is 0.0943. The summed E-state index contributed by atoms with van der Waals surface area (Å²) in [5, 5.41) is 10.1. The second kappa shape index (κ2) is 9.36. The van der Waals surface area contributed by atoms with Crippen molar-refractivity contribution in [2.24, 2.45) is 0 Å². The lowest BCUT2D eigenvalue weighted by atomic mass is 10.1. The van der Waals surface area contributed by atoms with Crippen molar-refractivity contribution in [1.29, 1.82) is 0 Å². The second-order valence-corrected chi connectivity index (χ2v) is 7.02. The number of carbonyl (C=O) groups is 1. The normalized spacial score (nSPS) is 13.1. The van der Waals surface area contributed by atoms with Crippen LogP contribution in [-0.4, -0.2) is 33.2 Å². The van der Waals surface area contributed by atoms with Crippen LogP contribution in [0.1, 0.15) is 63.1 Å². The Hall–Kier alpha value is -3.16. The summed E-state index contributed by atoms with van der Waals surface area (Å²) in [6.07, 6.45) is 3.33. The monoisotopic (exact) mass is 397 g/mol. The SMILES string of the molecule is CC[C@@H](C)c1n[nH]c([C@H](C)NC(=O)CCc2ncc(-c3ccc(OC)cc3)o2)n1. The molecule has 2 N–H and O–H groups in total. The number of benzene rings is 1. The van der Waals surface area contributed by atoms with Crippen LogP contribution < -0.4 is 10.1 Å². The summed E-state index contributed by atoms with van der Waals surface area (Å²) in [6, 6.07) is 7.29. The number of oxazole rings is 1. The average Bonchev–Trinajstić information content (AvgIpc) is 3.42. The van der Waals surface area contributed by atoms with Gasteiger partial charge in [0, 0.05) is 24.3 Å². The summed E-state index contributed by atoms with van der Waals surface area (Å²) in [7, 11) is 1.63. The van der Waals surface area contributed by atoms with E-state index >= 15 is 0 Å². The highest BCUT2D eigenvalue weighted by atomic mass is 16.5. The predicted octanol–water partition coefficient (Wildman–Crippen LogP) is 3.79. The number of ether oxygens (including phenoxy) is 1. The second-order valence-electron chi connectivity index (χ2n) is 7.02. The van der Waals surface area contributed by atoms with Crippen molar-refractivity contribution in [2.75, 3.05) is 7.11 Å². The zero-order valence-corrected chi connectivity index (χ0v) is 17.2. The fourth-order valence-electron chi connectivity index (χ4n) is 2.80. The molecule has 1 aromatic carbocycles. The molecule has 0 aliphatic rings. The molecule has 0 spiro atoms. The number of hydrogen-bond donors (Lipinski definition) is 2. The lowest BCUT2D eigenvalue weighted by Gasteiger charge is -2.10. The number of rotatable bonds is 9. The summed E-state index contributed by atoms with van der Waals surface area (Å²) >= 11 is 0. The number of methoxy groups -OCH3 is 1. The molecule has 3 aromatic rings. The highest BCUT2D eigenvalue weighted by molar-refractivity contribution is 5.76. The smallest absolute Gasteiger partial charge is 0.221 e. The predicted molar refractivity (Wildman–Crippen MR) is 108 cm³/mol. The summed E-state index contributed by atoms with van der Waals surface area (Å²) in [6.45, 7) is 6.05. The Morgan fingerprint density at radius 1 is 1.28 bits per heavy atom. The van der Waals surface area contributed by atoms with Crippen LogP contribution in [0.2, 0.25) is 0 Å². The maximum absolute atomic E-state index is 12.3. The molecule has 0 unspecified atom stereocenters. The minimum atomic E-state index is -0.243. The first kappa shape index (κ1) is 20.6. The Bertz CT molecular complexity index is 932. The molecule has 154 valence electrons. The van der Waals surface area contributed by atoms with Gasteiger partial charge in [-0.15, -0.1) is 0 Å². The minimum Gasteiger partial charge on any atom is -0.497 e. The first-order valence-electron chi connectivity index (χ1n) is 9.80. The lowest BCUT2D eigenvalue weighted by molar-refractivity contribution is -0.121. The molecule has 0 fully saturated rings. The number of amides is 1. The Morgan fingerprint density at radius 3 is 2.72 bits per heavy atom. The van der Waals surface area contributed by atoms with Crippen LogP contribution in [-0.2, 0) is 11.2 Å². The van der Waals surface area contributed by atoms with Crippen molar-refractivity contribution in [3.05, 3.63) is 48.0 Å². The molecule has 0 saturated carbocycles. The average molecular weight is 397 g/mol. The van der Waals surface area contributed by atoms with Gasteiger partial charge in [0.2, 0.25) is 5.91 Å². The van der Waals surface area contributed by atoms with Crippen molar-refractivity contribution >= 4 is 5.91 Å². The van der Waals surface area contributed by atoms with Gasteiger partial charge in [0.15, 0.2) is 17.5 Å². The Morgan fingerprint density at radius 2 is 2.03 bits per heavy atom. The highest BCUT2D eigenvalue weighted by Crippen LogP contribution is 2.23. The van der Waals surface area contributed by atoms with Gasteiger partial charge >= 0.3 is 0 Å². The van der Waals surface area contributed by atoms with Crippen LogP contribution in [0.3, 0.4) is 0 Å². The van der Waals surface area contributed by atoms with Gasteiger partial charge in [-0.2, -0.15) is 5.10 Å². The van der Waals surface area contributed by atoms with Crippen LogP contribution in [0.25, 0.3) is 11.3 Å². The van der Waals surface area contributed by atoms with E-state index in [2.05, 4.69) is 39.3 Å². The van der Waals surface area contributed by atoms with Crippen LogP contribution >= 0.6 is 0 Å². The molecular formula is C21H27N5O3. The number of aromatic nitrogens is 4. The van der Waals surface area contributed by atoms with Gasteiger partial charge in [-0.05, 0) is 37.6 Å².